The molecule has 23 heavy (non-hydrogen) atoms. The fourth-order valence-corrected chi connectivity index (χ4v) is 3.27. The van der Waals surface area contributed by atoms with Crippen LogP contribution in [0.4, 0.5) is 0 Å². The quantitative estimate of drug-likeness (QED) is 0.498. The van der Waals surface area contributed by atoms with Crippen LogP contribution in [0.5, 0.6) is 5.75 Å². The molecule has 1 nitrogen and oxygen atoms in total. The highest BCUT2D eigenvalue weighted by atomic mass is 32.1. The fraction of sp³-hybridized carbons (Fsp3) is 0.143. The number of thiophene rings is 1. The standard InChI is InChI=1S/C21H20OS/c1-3-4-15-22-20-12-10-18(11-13-20)17-6-8-19(9-7-17)21-14-5-16(2)23-21/h3-14H,15H2,1-2H3/b4-3+. The molecule has 0 atom stereocenters. The first kappa shape index (κ1) is 15.6. The molecule has 0 N–H and O–H groups in total. The maximum atomic E-state index is 5.63. The van der Waals surface area contributed by atoms with Gasteiger partial charge < -0.3 is 4.74 Å². The van der Waals surface area contributed by atoms with Gasteiger partial charge in [0.25, 0.3) is 0 Å². The average Bonchev–Trinajstić information content (AvgIpc) is 3.02. The Hall–Kier alpha value is -2.32. The van der Waals surface area contributed by atoms with Gasteiger partial charge in [-0.15, -0.1) is 11.3 Å². The lowest BCUT2D eigenvalue weighted by Crippen LogP contribution is -1.92. The number of rotatable bonds is 5. The summed E-state index contributed by atoms with van der Waals surface area (Å²) in [6, 6.07) is 21.4. The Balaban J connectivity index is 1.74. The monoisotopic (exact) mass is 320 g/mol. The molecule has 0 aliphatic carbocycles. The lowest BCUT2D eigenvalue weighted by molar-refractivity contribution is 0.363. The van der Waals surface area contributed by atoms with Gasteiger partial charge >= 0.3 is 0 Å². The summed E-state index contributed by atoms with van der Waals surface area (Å²) in [6.45, 7) is 4.75. The van der Waals surface area contributed by atoms with Gasteiger partial charge in [-0.2, -0.15) is 0 Å². The molecule has 116 valence electrons. The highest BCUT2D eigenvalue weighted by molar-refractivity contribution is 7.15. The van der Waals surface area contributed by atoms with Gasteiger partial charge in [0.2, 0.25) is 0 Å². The molecule has 0 radical (unpaired) electrons. The van der Waals surface area contributed by atoms with Crippen molar-refractivity contribution in [3.05, 3.63) is 77.7 Å². The third kappa shape index (κ3) is 3.91. The molecule has 0 unspecified atom stereocenters. The number of hydrogen-bond donors (Lipinski definition) is 0. The van der Waals surface area contributed by atoms with Crippen molar-refractivity contribution < 1.29 is 4.74 Å². The molecule has 0 bridgehead atoms. The van der Waals surface area contributed by atoms with Crippen molar-refractivity contribution in [1.82, 2.24) is 0 Å². The third-order valence-corrected chi connectivity index (χ3v) is 4.73. The minimum absolute atomic E-state index is 0.616. The molecule has 3 rings (SSSR count). The van der Waals surface area contributed by atoms with E-state index in [1.54, 1.807) is 0 Å². The number of ether oxygens (including phenoxy) is 1. The van der Waals surface area contributed by atoms with Gasteiger partial charge in [-0.1, -0.05) is 48.6 Å². The summed E-state index contributed by atoms with van der Waals surface area (Å²) in [5, 5.41) is 0. The summed E-state index contributed by atoms with van der Waals surface area (Å²) in [5.41, 5.74) is 3.71. The maximum Gasteiger partial charge on any atom is 0.119 e. The van der Waals surface area contributed by atoms with E-state index in [1.807, 2.05) is 42.5 Å². The molecular weight excluding hydrogens is 300 g/mol. The van der Waals surface area contributed by atoms with Crippen molar-refractivity contribution in [3.8, 4) is 27.3 Å². The van der Waals surface area contributed by atoms with Crippen LogP contribution in [-0.4, -0.2) is 6.61 Å². The van der Waals surface area contributed by atoms with E-state index in [0.29, 0.717) is 6.61 Å². The predicted octanol–water partition coefficient (Wildman–Crippen LogP) is 6.35. The SMILES string of the molecule is C/C=C/COc1ccc(-c2ccc(-c3ccc(C)s3)cc2)cc1. The maximum absolute atomic E-state index is 5.63. The van der Waals surface area contributed by atoms with Gasteiger partial charge in [0.1, 0.15) is 12.4 Å². The molecule has 0 amide bonds. The molecule has 1 aromatic heterocycles. The summed E-state index contributed by atoms with van der Waals surface area (Å²) in [7, 11) is 0. The zero-order valence-corrected chi connectivity index (χ0v) is 14.3. The van der Waals surface area contributed by atoms with Crippen molar-refractivity contribution in [3.63, 3.8) is 0 Å². The zero-order chi connectivity index (χ0) is 16.1. The molecule has 2 heteroatoms. The Morgan fingerprint density at radius 2 is 1.43 bits per heavy atom. The normalized spacial score (nSPS) is 11.0. The van der Waals surface area contributed by atoms with Gasteiger partial charge in [-0.05, 0) is 54.8 Å². The smallest absolute Gasteiger partial charge is 0.119 e. The largest absolute Gasteiger partial charge is 0.490 e. The lowest BCUT2D eigenvalue weighted by atomic mass is 10.0. The molecule has 3 aromatic rings. The summed E-state index contributed by atoms with van der Waals surface area (Å²) < 4.78 is 5.63. The topological polar surface area (TPSA) is 9.23 Å². The van der Waals surface area contributed by atoms with Gasteiger partial charge in [0.15, 0.2) is 0 Å². The van der Waals surface area contributed by atoms with Crippen LogP contribution in [0.15, 0.2) is 72.8 Å². The Kier molecular flexibility index (Phi) is 4.94. The van der Waals surface area contributed by atoms with Crippen LogP contribution >= 0.6 is 11.3 Å². The van der Waals surface area contributed by atoms with Crippen LogP contribution < -0.4 is 4.74 Å². The number of benzene rings is 2. The third-order valence-electron chi connectivity index (χ3n) is 3.68. The van der Waals surface area contributed by atoms with Crippen molar-refractivity contribution in [2.24, 2.45) is 0 Å². The number of aryl methyl sites for hydroxylation is 1. The minimum atomic E-state index is 0.616. The first-order valence-electron chi connectivity index (χ1n) is 7.77. The Bertz CT molecular complexity index is 779. The van der Waals surface area contributed by atoms with E-state index in [2.05, 4.69) is 55.5 Å². The Labute approximate surface area is 141 Å². The van der Waals surface area contributed by atoms with Gasteiger partial charge in [0.05, 0.1) is 0 Å². The Morgan fingerprint density at radius 3 is 2.00 bits per heavy atom. The molecule has 0 saturated heterocycles. The van der Waals surface area contributed by atoms with E-state index in [1.165, 1.54) is 26.4 Å². The minimum Gasteiger partial charge on any atom is -0.490 e. The summed E-state index contributed by atoms with van der Waals surface area (Å²) in [6.07, 6.45) is 3.99. The second kappa shape index (κ2) is 7.30. The van der Waals surface area contributed by atoms with Crippen molar-refractivity contribution in [2.45, 2.75) is 13.8 Å². The molecule has 0 fully saturated rings. The molecule has 0 saturated carbocycles. The second-order valence-corrected chi connectivity index (χ2v) is 6.68. The molecule has 1 heterocycles. The van der Waals surface area contributed by atoms with E-state index in [9.17, 15) is 0 Å². The van der Waals surface area contributed by atoms with Crippen LogP contribution in [0.3, 0.4) is 0 Å². The predicted molar refractivity (Wildman–Crippen MR) is 100 cm³/mol. The Morgan fingerprint density at radius 1 is 0.826 bits per heavy atom. The van der Waals surface area contributed by atoms with Crippen molar-refractivity contribution in [2.75, 3.05) is 6.61 Å². The molecule has 0 aliphatic heterocycles. The van der Waals surface area contributed by atoms with E-state index in [4.69, 9.17) is 4.74 Å². The van der Waals surface area contributed by atoms with Gasteiger partial charge in [-0.3, -0.25) is 0 Å². The van der Waals surface area contributed by atoms with E-state index >= 15 is 0 Å². The van der Waals surface area contributed by atoms with E-state index in [-0.39, 0.29) is 0 Å². The highest BCUT2D eigenvalue weighted by Crippen LogP contribution is 2.30. The highest BCUT2D eigenvalue weighted by Gasteiger charge is 2.03. The first-order valence-corrected chi connectivity index (χ1v) is 8.59. The zero-order valence-electron chi connectivity index (χ0n) is 13.5. The van der Waals surface area contributed by atoms with Crippen LogP contribution in [0.1, 0.15) is 11.8 Å². The molecule has 0 spiro atoms. The summed E-state index contributed by atoms with van der Waals surface area (Å²) >= 11 is 1.83. The van der Waals surface area contributed by atoms with Gasteiger partial charge in [0, 0.05) is 9.75 Å². The van der Waals surface area contributed by atoms with E-state index < -0.39 is 0 Å². The fourth-order valence-electron chi connectivity index (χ4n) is 2.40. The first-order chi connectivity index (χ1) is 11.3. The van der Waals surface area contributed by atoms with E-state index in [0.717, 1.165) is 5.75 Å². The van der Waals surface area contributed by atoms with Crippen LogP contribution in [0.2, 0.25) is 0 Å². The van der Waals surface area contributed by atoms with Crippen LogP contribution in [0, 0.1) is 6.92 Å². The summed E-state index contributed by atoms with van der Waals surface area (Å²) in [4.78, 5) is 2.67. The molecule has 0 aliphatic rings. The number of allylic oxidation sites excluding steroid dienone is 1. The average molecular weight is 320 g/mol. The van der Waals surface area contributed by atoms with Crippen LogP contribution in [-0.2, 0) is 0 Å². The molecular formula is C21H20OS. The van der Waals surface area contributed by atoms with Crippen molar-refractivity contribution >= 4 is 11.3 Å². The second-order valence-electron chi connectivity index (χ2n) is 5.39. The van der Waals surface area contributed by atoms with Crippen LogP contribution in [0.25, 0.3) is 21.6 Å². The lowest BCUT2D eigenvalue weighted by Gasteiger charge is -2.06. The number of hydrogen-bond acceptors (Lipinski definition) is 2. The summed E-state index contributed by atoms with van der Waals surface area (Å²) in [5.74, 6) is 0.900. The van der Waals surface area contributed by atoms with Crippen molar-refractivity contribution in [1.29, 1.82) is 0 Å². The molecule has 2 aromatic carbocycles. The van der Waals surface area contributed by atoms with Gasteiger partial charge in [-0.25, -0.2) is 0 Å².